The van der Waals surface area contributed by atoms with E-state index < -0.39 is 0 Å². The van der Waals surface area contributed by atoms with E-state index in [1.807, 2.05) is 7.11 Å². The molecule has 0 aliphatic carbocycles. The Kier molecular flexibility index (Phi) is 4.77. The number of hydrogen-bond acceptors (Lipinski definition) is 5. The van der Waals surface area contributed by atoms with Gasteiger partial charge in [-0.1, -0.05) is 6.92 Å². The highest BCUT2D eigenvalue weighted by atomic mass is 32.1. The molecule has 1 N–H and O–H groups in total. The van der Waals surface area contributed by atoms with Gasteiger partial charge >= 0.3 is 0 Å². The maximum Gasteiger partial charge on any atom is 0.195 e. The molecule has 116 valence electrons. The Morgan fingerprint density at radius 3 is 2.95 bits per heavy atom. The van der Waals surface area contributed by atoms with Gasteiger partial charge in [-0.25, -0.2) is 4.98 Å². The van der Waals surface area contributed by atoms with Gasteiger partial charge in [0.15, 0.2) is 10.8 Å². The van der Waals surface area contributed by atoms with Crippen LogP contribution in [0.1, 0.15) is 31.9 Å². The molecular weight excluding hydrogens is 284 g/mol. The zero-order valence-electron chi connectivity index (χ0n) is 12.8. The summed E-state index contributed by atoms with van der Waals surface area (Å²) in [6.45, 7) is 6.18. The summed E-state index contributed by atoms with van der Waals surface area (Å²) >= 11 is 1.70. The van der Waals surface area contributed by atoms with Crippen molar-refractivity contribution in [1.29, 1.82) is 0 Å². The van der Waals surface area contributed by atoms with Gasteiger partial charge in [0.2, 0.25) is 0 Å². The van der Waals surface area contributed by atoms with Crippen molar-refractivity contribution in [3.8, 4) is 0 Å². The molecule has 6 heteroatoms. The molecule has 1 saturated heterocycles. The first-order valence-electron chi connectivity index (χ1n) is 7.76. The molecule has 3 heterocycles. The average molecular weight is 308 g/mol. The lowest BCUT2D eigenvalue weighted by molar-refractivity contribution is 0.0818. The number of anilines is 1. The molecule has 0 amide bonds. The highest BCUT2D eigenvalue weighted by Gasteiger charge is 2.24. The van der Waals surface area contributed by atoms with Crippen LogP contribution in [0.4, 0.5) is 5.82 Å². The molecule has 0 radical (unpaired) electrons. The fourth-order valence-electron chi connectivity index (χ4n) is 2.93. The molecule has 5 nitrogen and oxygen atoms in total. The van der Waals surface area contributed by atoms with E-state index in [1.165, 1.54) is 5.69 Å². The number of fused-ring (bicyclic) bond motifs is 1. The fraction of sp³-hybridized carbons (Fsp3) is 0.667. The van der Waals surface area contributed by atoms with Gasteiger partial charge in [-0.2, -0.15) is 0 Å². The van der Waals surface area contributed by atoms with Crippen LogP contribution in [-0.2, 0) is 11.3 Å². The van der Waals surface area contributed by atoms with E-state index in [-0.39, 0.29) is 0 Å². The summed E-state index contributed by atoms with van der Waals surface area (Å²) < 4.78 is 7.69. The first kappa shape index (κ1) is 14.8. The van der Waals surface area contributed by atoms with Crippen molar-refractivity contribution in [3.05, 3.63) is 17.3 Å². The molecule has 2 aromatic rings. The molecule has 1 aliphatic heterocycles. The van der Waals surface area contributed by atoms with Crippen molar-refractivity contribution < 1.29 is 4.74 Å². The molecule has 1 aliphatic rings. The van der Waals surface area contributed by atoms with Gasteiger partial charge < -0.3 is 15.0 Å². The van der Waals surface area contributed by atoms with Crippen LogP contribution in [-0.4, -0.2) is 42.2 Å². The molecule has 0 bridgehead atoms. The van der Waals surface area contributed by atoms with Crippen molar-refractivity contribution in [2.45, 2.75) is 38.8 Å². The van der Waals surface area contributed by atoms with Gasteiger partial charge in [-0.05, 0) is 25.8 Å². The molecule has 0 aromatic carbocycles. The molecule has 0 saturated carbocycles. The van der Waals surface area contributed by atoms with Gasteiger partial charge in [0.25, 0.3) is 0 Å². The number of nitrogens with zero attached hydrogens (tertiary/aromatic N) is 3. The first-order chi connectivity index (χ1) is 10.3. The topological polar surface area (TPSA) is 41.8 Å². The molecular formula is C15H24N4OS. The minimum absolute atomic E-state index is 0.409. The quantitative estimate of drug-likeness (QED) is 0.833. The molecule has 3 rings (SSSR count). The summed E-state index contributed by atoms with van der Waals surface area (Å²) in [7, 11) is 1.81. The van der Waals surface area contributed by atoms with E-state index in [9.17, 15) is 0 Å². The Hall–Kier alpha value is -1.11. The standard InChI is InChI=1S/C15H24N4OS/c1-3-6-16-11-13-14(17-15-19(13)9-10-21-15)18-7-4-12(20-2)5-8-18/h9-10,12,16H,3-8,11H2,1-2H3. The van der Waals surface area contributed by atoms with Crippen LogP contribution in [0, 0.1) is 0 Å². The summed E-state index contributed by atoms with van der Waals surface area (Å²) in [4.78, 5) is 8.36. The van der Waals surface area contributed by atoms with E-state index in [0.29, 0.717) is 6.10 Å². The normalized spacial score (nSPS) is 17.0. The SMILES string of the molecule is CCCNCc1c(N2CCC(OC)CC2)nc2sccn12. The minimum Gasteiger partial charge on any atom is -0.381 e. The zero-order valence-corrected chi connectivity index (χ0v) is 13.7. The maximum absolute atomic E-state index is 5.47. The molecule has 0 atom stereocenters. The number of nitrogens with one attached hydrogen (secondary N) is 1. The molecule has 0 spiro atoms. The largest absolute Gasteiger partial charge is 0.381 e. The Morgan fingerprint density at radius 1 is 1.43 bits per heavy atom. The van der Waals surface area contributed by atoms with Crippen molar-refractivity contribution >= 4 is 22.1 Å². The number of methoxy groups -OCH3 is 1. The molecule has 21 heavy (non-hydrogen) atoms. The lowest BCUT2D eigenvalue weighted by atomic mass is 10.1. The Balaban J connectivity index is 1.80. The smallest absolute Gasteiger partial charge is 0.195 e. The van der Waals surface area contributed by atoms with Gasteiger partial charge in [0.1, 0.15) is 0 Å². The third kappa shape index (κ3) is 3.07. The van der Waals surface area contributed by atoms with Crippen molar-refractivity contribution in [3.63, 3.8) is 0 Å². The third-order valence-corrected chi connectivity index (χ3v) is 4.89. The van der Waals surface area contributed by atoms with Gasteiger partial charge in [-0.3, -0.25) is 4.40 Å². The number of piperidine rings is 1. The number of thiazole rings is 1. The van der Waals surface area contributed by atoms with Crippen LogP contribution in [0.5, 0.6) is 0 Å². The van der Waals surface area contributed by atoms with E-state index in [0.717, 1.165) is 56.2 Å². The second kappa shape index (κ2) is 6.77. The second-order valence-corrected chi connectivity index (χ2v) is 6.41. The first-order valence-corrected chi connectivity index (χ1v) is 8.64. The predicted octanol–water partition coefficient (Wildman–Crippen LogP) is 2.51. The van der Waals surface area contributed by atoms with Crippen LogP contribution in [0.25, 0.3) is 4.96 Å². The number of hydrogen-bond donors (Lipinski definition) is 1. The number of rotatable bonds is 6. The highest BCUT2D eigenvalue weighted by Crippen LogP contribution is 2.27. The predicted molar refractivity (Wildman–Crippen MR) is 87.3 cm³/mol. The van der Waals surface area contributed by atoms with Gasteiger partial charge in [0.05, 0.1) is 11.8 Å². The lowest BCUT2D eigenvalue weighted by Gasteiger charge is -2.32. The molecule has 1 fully saturated rings. The van der Waals surface area contributed by atoms with Crippen molar-refractivity contribution in [2.24, 2.45) is 0 Å². The average Bonchev–Trinajstić information content (AvgIpc) is 3.10. The van der Waals surface area contributed by atoms with Crippen LogP contribution in [0.2, 0.25) is 0 Å². The summed E-state index contributed by atoms with van der Waals surface area (Å²) in [5.74, 6) is 1.15. The zero-order chi connectivity index (χ0) is 14.7. The second-order valence-electron chi connectivity index (χ2n) is 5.54. The van der Waals surface area contributed by atoms with Crippen molar-refractivity contribution in [2.75, 3.05) is 31.6 Å². The summed E-state index contributed by atoms with van der Waals surface area (Å²) in [5, 5.41) is 5.62. The van der Waals surface area contributed by atoms with Gasteiger partial charge in [-0.15, -0.1) is 11.3 Å². The Labute approximate surface area is 129 Å². The summed E-state index contributed by atoms with van der Waals surface area (Å²) in [6.07, 6.45) is 5.86. The maximum atomic E-state index is 5.47. The molecule has 0 unspecified atom stereocenters. The van der Waals surface area contributed by atoms with Crippen molar-refractivity contribution in [1.82, 2.24) is 14.7 Å². The van der Waals surface area contributed by atoms with Crippen LogP contribution in [0.3, 0.4) is 0 Å². The lowest BCUT2D eigenvalue weighted by Crippen LogP contribution is -2.37. The fourth-order valence-corrected chi connectivity index (χ4v) is 3.65. The molecule has 2 aromatic heterocycles. The van der Waals surface area contributed by atoms with E-state index in [4.69, 9.17) is 9.72 Å². The van der Waals surface area contributed by atoms with E-state index in [2.05, 4.69) is 33.1 Å². The summed E-state index contributed by atoms with van der Waals surface area (Å²) in [5.41, 5.74) is 1.29. The number of aromatic nitrogens is 2. The van der Waals surface area contributed by atoms with E-state index >= 15 is 0 Å². The monoisotopic (exact) mass is 308 g/mol. The van der Waals surface area contributed by atoms with Gasteiger partial charge in [0, 0.05) is 38.3 Å². The summed E-state index contributed by atoms with van der Waals surface area (Å²) in [6, 6.07) is 0. The highest BCUT2D eigenvalue weighted by molar-refractivity contribution is 7.15. The Bertz CT molecular complexity index is 571. The Morgan fingerprint density at radius 2 is 2.24 bits per heavy atom. The number of ether oxygens (including phenoxy) is 1. The van der Waals surface area contributed by atoms with Crippen LogP contribution < -0.4 is 10.2 Å². The van der Waals surface area contributed by atoms with Crippen LogP contribution in [0.15, 0.2) is 11.6 Å². The number of imidazole rings is 1. The van der Waals surface area contributed by atoms with Crippen LogP contribution >= 0.6 is 11.3 Å². The minimum atomic E-state index is 0.409. The third-order valence-electron chi connectivity index (χ3n) is 4.13. The van der Waals surface area contributed by atoms with E-state index in [1.54, 1.807) is 11.3 Å².